The molecule has 4 aromatic rings. The van der Waals surface area contributed by atoms with Gasteiger partial charge < -0.3 is 14.9 Å². The van der Waals surface area contributed by atoms with E-state index in [9.17, 15) is 15.2 Å². The van der Waals surface area contributed by atoms with Crippen LogP contribution in [0.1, 0.15) is 25.3 Å². The van der Waals surface area contributed by atoms with Crippen LogP contribution < -0.4 is 4.90 Å². The summed E-state index contributed by atoms with van der Waals surface area (Å²) in [4.78, 5) is 30.6. The van der Waals surface area contributed by atoms with Gasteiger partial charge in [0.05, 0.1) is 17.0 Å². The van der Waals surface area contributed by atoms with Gasteiger partial charge in [0.25, 0.3) is 5.91 Å². The predicted molar refractivity (Wildman–Crippen MR) is 134 cm³/mol. The molecule has 2 fully saturated rings. The number of amides is 1. The van der Waals surface area contributed by atoms with Crippen LogP contribution in [0.2, 0.25) is 0 Å². The number of carbonyl (C=O) groups is 1. The second-order valence-corrected chi connectivity index (χ2v) is 9.51. The van der Waals surface area contributed by atoms with Crippen molar-refractivity contribution in [2.45, 2.75) is 31.4 Å². The molecule has 1 N–H and O–H groups in total. The third-order valence-electron chi connectivity index (χ3n) is 7.08. The van der Waals surface area contributed by atoms with Crippen LogP contribution in [0.25, 0.3) is 28.0 Å². The Bertz CT molecular complexity index is 1500. The molecule has 0 bridgehead atoms. The van der Waals surface area contributed by atoms with Gasteiger partial charge in [0.2, 0.25) is 0 Å². The van der Waals surface area contributed by atoms with Gasteiger partial charge in [-0.1, -0.05) is 30.3 Å². The maximum absolute atomic E-state index is 12.8. The molecule has 9 nitrogen and oxygen atoms in total. The van der Waals surface area contributed by atoms with Crippen molar-refractivity contribution in [1.29, 1.82) is 5.26 Å². The number of aromatic nitrogens is 4. The summed E-state index contributed by atoms with van der Waals surface area (Å²) in [6, 6.07) is 15.6. The van der Waals surface area contributed by atoms with Crippen molar-refractivity contribution >= 4 is 22.8 Å². The quantitative estimate of drug-likeness (QED) is 0.479. The smallest absolute Gasteiger partial charge is 0.254 e. The third-order valence-corrected chi connectivity index (χ3v) is 7.08. The highest BCUT2D eigenvalue weighted by Gasteiger charge is 2.51. The average Bonchev–Trinajstić information content (AvgIpc) is 3.55. The van der Waals surface area contributed by atoms with Crippen LogP contribution in [0.3, 0.4) is 0 Å². The minimum atomic E-state index is -1.17. The predicted octanol–water partition coefficient (Wildman–Crippen LogP) is 2.92. The number of anilines is 1. The summed E-state index contributed by atoms with van der Waals surface area (Å²) in [5.41, 5.74) is 2.03. The van der Waals surface area contributed by atoms with Gasteiger partial charge in [0.15, 0.2) is 5.65 Å². The van der Waals surface area contributed by atoms with Gasteiger partial charge in [-0.25, -0.2) is 15.0 Å². The van der Waals surface area contributed by atoms with Gasteiger partial charge in [0.1, 0.15) is 23.6 Å². The molecule has 1 amide bonds. The average molecular weight is 480 g/mol. The minimum Gasteiger partial charge on any atom is -0.380 e. The summed E-state index contributed by atoms with van der Waals surface area (Å²) in [5, 5.41) is 20.6. The standard InChI is InChI=1S/C27H25N7O2/c1-18-15-32(11-12-33(18)26(35)27(36)8-9-27)24-23-21(20-5-3-2-4-6-20)16-34(25(23)31-17-30-24)22-13-19(14-28)7-10-29-22/h2-7,10,13,16-18,36H,8-9,11-12,15H2,1H3. The van der Waals surface area contributed by atoms with E-state index in [2.05, 4.69) is 20.9 Å². The number of carbonyl (C=O) groups excluding carboxylic acids is 1. The van der Waals surface area contributed by atoms with Crippen LogP contribution in [0.4, 0.5) is 5.82 Å². The summed E-state index contributed by atoms with van der Waals surface area (Å²) in [5.74, 6) is 1.23. The molecule has 9 heteroatoms. The molecule has 1 atom stereocenters. The zero-order valence-corrected chi connectivity index (χ0v) is 19.9. The zero-order chi connectivity index (χ0) is 24.9. The van der Waals surface area contributed by atoms with Crippen molar-refractivity contribution in [3.8, 4) is 23.0 Å². The van der Waals surface area contributed by atoms with Crippen LogP contribution in [0.5, 0.6) is 0 Å². The Labute approximate surface area is 208 Å². The Balaban J connectivity index is 1.45. The molecule has 1 aliphatic carbocycles. The normalized spacial score (nSPS) is 18.8. The van der Waals surface area contributed by atoms with E-state index in [1.165, 1.54) is 0 Å². The first-order chi connectivity index (χ1) is 17.5. The lowest BCUT2D eigenvalue weighted by Gasteiger charge is -2.41. The molecule has 0 radical (unpaired) electrons. The van der Waals surface area contributed by atoms with Crippen molar-refractivity contribution < 1.29 is 9.90 Å². The van der Waals surface area contributed by atoms with E-state index in [-0.39, 0.29) is 11.9 Å². The van der Waals surface area contributed by atoms with Crippen LogP contribution in [-0.2, 0) is 4.79 Å². The van der Waals surface area contributed by atoms with Crippen molar-refractivity contribution in [1.82, 2.24) is 24.4 Å². The highest BCUT2D eigenvalue weighted by Crippen LogP contribution is 2.39. The van der Waals surface area contributed by atoms with Crippen molar-refractivity contribution in [3.05, 3.63) is 66.7 Å². The second-order valence-electron chi connectivity index (χ2n) is 9.51. The summed E-state index contributed by atoms with van der Waals surface area (Å²) < 4.78 is 1.90. The summed E-state index contributed by atoms with van der Waals surface area (Å²) in [6.07, 6.45) is 6.25. The molecule has 3 aromatic heterocycles. The summed E-state index contributed by atoms with van der Waals surface area (Å²) in [7, 11) is 0. The monoisotopic (exact) mass is 479 g/mol. The van der Waals surface area contributed by atoms with E-state index in [1.807, 2.05) is 48.0 Å². The first-order valence-corrected chi connectivity index (χ1v) is 12.0. The van der Waals surface area contributed by atoms with Crippen LogP contribution in [-0.4, -0.2) is 66.7 Å². The highest BCUT2D eigenvalue weighted by molar-refractivity contribution is 6.02. The maximum Gasteiger partial charge on any atom is 0.254 e. The number of nitriles is 1. The number of hydrogen-bond acceptors (Lipinski definition) is 7. The van der Waals surface area contributed by atoms with Crippen molar-refractivity contribution in [2.75, 3.05) is 24.5 Å². The third kappa shape index (κ3) is 3.67. The van der Waals surface area contributed by atoms with E-state index in [4.69, 9.17) is 4.98 Å². The molecule has 6 rings (SSSR count). The van der Waals surface area contributed by atoms with Crippen LogP contribution in [0, 0.1) is 11.3 Å². The Hall–Kier alpha value is -4.29. The van der Waals surface area contributed by atoms with Crippen LogP contribution >= 0.6 is 0 Å². The number of fused-ring (bicyclic) bond motifs is 1. The molecule has 4 heterocycles. The number of piperazine rings is 1. The lowest BCUT2D eigenvalue weighted by atomic mass is 10.1. The van der Waals surface area contributed by atoms with Gasteiger partial charge in [-0.2, -0.15) is 5.26 Å². The van der Waals surface area contributed by atoms with Gasteiger partial charge >= 0.3 is 0 Å². The van der Waals surface area contributed by atoms with Gasteiger partial charge in [-0.3, -0.25) is 9.36 Å². The number of benzene rings is 1. The van der Waals surface area contributed by atoms with Gasteiger partial charge in [0, 0.05) is 43.6 Å². The van der Waals surface area contributed by atoms with E-state index in [1.54, 1.807) is 29.6 Å². The number of nitrogens with zero attached hydrogens (tertiary/aromatic N) is 7. The topological polar surface area (TPSA) is 111 Å². The molecule has 2 aliphatic rings. The SMILES string of the molecule is CC1CN(c2ncnc3c2c(-c2ccccc2)cn3-c2cc(C#N)ccn2)CCN1C(=O)C1(O)CC1. The Morgan fingerprint density at radius 3 is 2.67 bits per heavy atom. The molecule has 1 saturated heterocycles. The number of pyridine rings is 1. The first kappa shape index (κ1) is 22.2. The number of aliphatic hydroxyl groups is 1. The largest absolute Gasteiger partial charge is 0.380 e. The first-order valence-electron chi connectivity index (χ1n) is 12.0. The van der Waals surface area contributed by atoms with E-state index in [0.29, 0.717) is 49.5 Å². The Morgan fingerprint density at radius 1 is 1.14 bits per heavy atom. The second kappa shape index (κ2) is 8.43. The molecule has 0 spiro atoms. The van der Waals surface area contributed by atoms with E-state index < -0.39 is 5.60 Å². The van der Waals surface area contributed by atoms with Crippen LogP contribution in [0.15, 0.2) is 61.2 Å². The molecule has 1 aromatic carbocycles. The molecule has 180 valence electrons. The van der Waals surface area contributed by atoms with E-state index in [0.717, 1.165) is 22.3 Å². The molecule has 36 heavy (non-hydrogen) atoms. The van der Waals surface area contributed by atoms with Gasteiger partial charge in [-0.05, 0) is 37.5 Å². The number of hydrogen-bond donors (Lipinski definition) is 1. The number of rotatable bonds is 4. The summed E-state index contributed by atoms with van der Waals surface area (Å²) >= 11 is 0. The Morgan fingerprint density at radius 2 is 1.94 bits per heavy atom. The fourth-order valence-corrected chi connectivity index (χ4v) is 4.97. The molecule has 1 unspecified atom stereocenters. The highest BCUT2D eigenvalue weighted by atomic mass is 16.3. The van der Waals surface area contributed by atoms with E-state index >= 15 is 0 Å². The maximum atomic E-state index is 12.8. The Kier molecular flexibility index (Phi) is 5.20. The molecular weight excluding hydrogens is 454 g/mol. The van der Waals surface area contributed by atoms with Crippen molar-refractivity contribution in [2.24, 2.45) is 0 Å². The van der Waals surface area contributed by atoms with Crippen molar-refractivity contribution in [3.63, 3.8) is 0 Å². The molecule has 1 aliphatic heterocycles. The molecular formula is C27H25N7O2. The fourth-order valence-electron chi connectivity index (χ4n) is 4.97. The lowest BCUT2D eigenvalue weighted by molar-refractivity contribution is -0.145. The molecule has 1 saturated carbocycles. The minimum absolute atomic E-state index is 0.0721. The lowest BCUT2D eigenvalue weighted by Crippen LogP contribution is -2.57. The fraction of sp³-hybridized carbons (Fsp3) is 0.296. The van der Waals surface area contributed by atoms with Gasteiger partial charge in [-0.15, -0.1) is 0 Å². The zero-order valence-electron chi connectivity index (χ0n) is 19.9. The summed E-state index contributed by atoms with van der Waals surface area (Å²) in [6.45, 7) is 3.71.